The first kappa shape index (κ1) is 14.3. The van der Waals surface area contributed by atoms with E-state index in [2.05, 4.69) is 5.32 Å². The number of nitrogens with zero attached hydrogens (tertiary/aromatic N) is 1. The maximum absolute atomic E-state index is 12.4. The van der Waals surface area contributed by atoms with Gasteiger partial charge < -0.3 is 16.0 Å². The van der Waals surface area contributed by atoms with Crippen molar-refractivity contribution in [2.24, 2.45) is 11.7 Å². The fourth-order valence-corrected chi connectivity index (χ4v) is 3.27. The summed E-state index contributed by atoms with van der Waals surface area (Å²) in [5, 5.41) is 3.33. The van der Waals surface area contributed by atoms with Crippen molar-refractivity contribution in [3.63, 3.8) is 0 Å². The number of nitrogens with two attached hydrogens (primary N) is 1. The van der Waals surface area contributed by atoms with Crippen LogP contribution < -0.4 is 11.1 Å². The molecule has 1 atom stereocenters. The number of primary amides is 1. The van der Waals surface area contributed by atoms with Crippen molar-refractivity contribution in [1.82, 2.24) is 10.2 Å². The summed E-state index contributed by atoms with van der Waals surface area (Å²) in [5.41, 5.74) is 5.29. The first-order valence-corrected chi connectivity index (χ1v) is 7.45. The molecule has 1 saturated carbocycles. The lowest BCUT2D eigenvalue weighted by Gasteiger charge is -2.30. The highest BCUT2D eigenvalue weighted by atomic mass is 16.2. The zero-order valence-electron chi connectivity index (χ0n) is 11.6. The molecule has 2 fully saturated rings. The minimum atomic E-state index is -0.401. The monoisotopic (exact) mass is 267 g/mol. The molecule has 19 heavy (non-hydrogen) atoms. The predicted octanol–water partition coefficient (Wildman–Crippen LogP) is 0.633. The van der Waals surface area contributed by atoms with Gasteiger partial charge in [-0.15, -0.1) is 0 Å². The van der Waals surface area contributed by atoms with Gasteiger partial charge in [-0.05, 0) is 44.7 Å². The third-order valence-electron chi connectivity index (χ3n) is 4.27. The van der Waals surface area contributed by atoms with Crippen molar-refractivity contribution in [1.29, 1.82) is 0 Å². The minimum Gasteiger partial charge on any atom is -0.368 e. The molecular weight excluding hydrogens is 242 g/mol. The van der Waals surface area contributed by atoms with E-state index in [0.717, 1.165) is 51.6 Å². The van der Waals surface area contributed by atoms with Crippen LogP contribution in [0.4, 0.5) is 0 Å². The van der Waals surface area contributed by atoms with Crippen LogP contribution in [0.15, 0.2) is 0 Å². The fourth-order valence-electron chi connectivity index (χ4n) is 3.27. The molecule has 5 heteroatoms. The molecule has 1 saturated heterocycles. The molecule has 2 amide bonds. The molecule has 2 aliphatic rings. The predicted molar refractivity (Wildman–Crippen MR) is 73.4 cm³/mol. The van der Waals surface area contributed by atoms with Crippen molar-refractivity contribution >= 4 is 11.8 Å². The molecule has 0 aromatic heterocycles. The van der Waals surface area contributed by atoms with E-state index in [1.165, 1.54) is 0 Å². The lowest BCUT2D eigenvalue weighted by molar-refractivity contribution is -0.138. The summed E-state index contributed by atoms with van der Waals surface area (Å²) in [6.07, 6.45) is 7.13. The van der Waals surface area contributed by atoms with Gasteiger partial charge in [-0.25, -0.2) is 0 Å². The van der Waals surface area contributed by atoms with E-state index < -0.39 is 5.91 Å². The van der Waals surface area contributed by atoms with Gasteiger partial charge in [0.2, 0.25) is 11.8 Å². The average Bonchev–Trinajstić information content (AvgIpc) is 2.90. The van der Waals surface area contributed by atoms with Gasteiger partial charge in [0.25, 0.3) is 0 Å². The fraction of sp³-hybridized carbons (Fsp3) is 0.857. The molecule has 108 valence electrons. The number of piperidine rings is 1. The summed E-state index contributed by atoms with van der Waals surface area (Å²) in [6, 6.07) is 0.233. The largest absolute Gasteiger partial charge is 0.368 e. The highest BCUT2D eigenvalue weighted by molar-refractivity contribution is 5.84. The maximum atomic E-state index is 12.4. The molecule has 1 unspecified atom stereocenters. The number of carbonyl (C=O) groups is 2. The summed E-state index contributed by atoms with van der Waals surface area (Å²) < 4.78 is 0. The third-order valence-corrected chi connectivity index (χ3v) is 4.27. The van der Waals surface area contributed by atoms with Crippen LogP contribution in [-0.4, -0.2) is 42.4 Å². The van der Waals surface area contributed by atoms with Gasteiger partial charge >= 0.3 is 0 Å². The second-order valence-electron chi connectivity index (χ2n) is 5.84. The average molecular weight is 267 g/mol. The van der Waals surface area contributed by atoms with Crippen LogP contribution in [0.5, 0.6) is 0 Å². The van der Waals surface area contributed by atoms with Crippen LogP contribution in [0, 0.1) is 5.92 Å². The van der Waals surface area contributed by atoms with E-state index in [1.807, 2.05) is 0 Å². The van der Waals surface area contributed by atoms with Crippen LogP contribution in [0.1, 0.15) is 44.9 Å². The van der Waals surface area contributed by atoms with E-state index in [4.69, 9.17) is 5.73 Å². The molecule has 5 nitrogen and oxygen atoms in total. The Labute approximate surface area is 114 Å². The van der Waals surface area contributed by atoms with Crippen LogP contribution in [-0.2, 0) is 9.59 Å². The minimum absolute atomic E-state index is 0.0870. The Bertz CT molecular complexity index is 321. The lowest BCUT2D eigenvalue weighted by atomic mass is 9.95. The summed E-state index contributed by atoms with van der Waals surface area (Å²) >= 11 is 0. The van der Waals surface area contributed by atoms with Crippen molar-refractivity contribution < 1.29 is 9.59 Å². The summed E-state index contributed by atoms with van der Waals surface area (Å²) in [7, 11) is 0. The van der Waals surface area contributed by atoms with Gasteiger partial charge in [-0.3, -0.25) is 9.59 Å². The number of carbonyl (C=O) groups excluding carboxylic acids is 2. The quantitative estimate of drug-likeness (QED) is 0.767. The van der Waals surface area contributed by atoms with Crippen molar-refractivity contribution in [3.8, 4) is 0 Å². The van der Waals surface area contributed by atoms with Gasteiger partial charge in [-0.1, -0.05) is 12.8 Å². The summed E-state index contributed by atoms with van der Waals surface area (Å²) in [6.45, 7) is 2.06. The summed E-state index contributed by atoms with van der Waals surface area (Å²) in [5.74, 6) is 0.124. The Morgan fingerprint density at radius 3 is 2.47 bits per heavy atom. The standard InChI is InChI=1S/C14H25N3O2/c15-13(18)10-17(12-5-1-2-6-12)14(19)8-11-4-3-7-16-9-11/h11-12,16H,1-10H2,(H2,15,18). The molecule has 3 N–H and O–H groups in total. The molecule has 0 radical (unpaired) electrons. The van der Waals surface area contributed by atoms with E-state index in [9.17, 15) is 9.59 Å². The van der Waals surface area contributed by atoms with Crippen LogP contribution in [0.25, 0.3) is 0 Å². The zero-order valence-corrected chi connectivity index (χ0v) is 11.6. The Hall–Kier alpha value is -1.10. The molecule has 1 heterocycles. The molecule has 0 spiro atoms. The van der Waals surface area contributed by atoms with Gasteiger partial charge in [0.05, 0.1) is 6.54 Å². The maximum Gasteiger partial charge on any atom is 0.237 e. The Kier molecular flexibility index (Phi) is 5.19. The second kappa shape index (κ2) is 6.89. The molecule has 2 rings (SSSR count). The number of amides is 2. The first-order valence-electron chi connectivity index (χ1n) is 7.45. The van der Waals surface area contributed by atoms with Crippen LogP contribution in [0.2, 0.25) is 0 Å². The number of nitrogens with one attached hydrogen (secondary N) is 1. The van der Waals surface area contributed by atoms with Gasteiger partial charge in [0, 0.05) is 12.5 Å². The molecular formula is C14H25N3O2. The zero-order chi connectivity index (χ0) is 13.7. The van der Waals surface area contributed by atoms with Crippen molar-refractivity contribution in [3.05, 3.63) is 0 Å². The van der Waals surface area contributed by atoms with Gasteiger partial charge in [0.1, 0.15) is 0 Å². The van der Waals surface area contributed by atoms with E-state index >= 15 is 0 Å². The SMILES string of the molecule is NC(=O)CN(C(=O)CC1CCCNC1)C1CCCC1. The molecule has 0 bridgehead atoms. The Balaban J connectivity index is 1.91. The number of hydrogen-bond acceptors (Lipinski definition) is 3. The third kappa shape index (κ3) is 4.20. The number of hydrogen-bond donors (Lipinski definition) is 2. The number of rotatable bonds is 5. The highest BCUT2D eigenvalue weighted by Gasteiger charge is 2.29. The first-order chi connectivity index (χ1) is 9.16. The summed E-state index contributed by atoms with van der Waals surface area (Å²) in [4.78, 5) is 25.3. The van der Waals surface area contributed by atoms with Crippen LogP contribution in [0.3, 0.4) is 0 Å². The molecule has 1 aliphatic carbocycles. The van der Waals surface area contributed by atoms with E-state index in [0.29, 0.717) is 12.3 Å². The van der Waals surface area contributed by atoms with Crippen LogP contribution >= 0.6 is 0 Å². The van der Waals surface area contributed by atoms with E-state index in [-0.39, 0.29) is 18.5 Å². The molecule has 0 aromatic rings. The lowest BCUT2D eigenvalue weighted by Crippen LogP contribution is -2.45. The van der Waals surface area contributed by atoms with Crippen molar-refractivity contribution in [2.45, 2.75) is 51.0 Å². The Morgan fingerprint density at radius 1 is 1.16 bits per heavy atom. The van der Waals surface area contributed by atoms with E-state index in [1.54, 1.807) is 4.90 Å². The second-order valence-corrected chi connectivity index (χ2v) is 5.84. The van der Waals surface area contributed by atoms with Gasteiger partial charge in [-0.2, -0.15) is 0 Å². The molecule has 1 aliphatic heterocycles. The van der Waals surface area contributed by atoms with Gasteiger partial charge in [0.15, 0.2) is 0 Å². The highest BCUT2D eigenvalue weighted by Crippen LogP contribution is 2.25. The smallest absolute Gasteiger partial charge is 0.237 e. The topological polar surface area (TPSA) is 75.4 Å². The van der Waals surface area contributed by atoms with Crippen molar-refractivity contribution in [2.75, 3.05) is 19.6 Å². The molecule has 0 aromatic carbocycles. The Morgan fingerprint density at radius 2 is 1.89 bits per heavy atom. The normalized spacial score (nSPS) is 24.3.